The highest BCUT2D eigenvalue weighted by atomic mass is 16.6. The Morgan fingerprint density at radius 2 is 1.70 bits per heavy atom. The van der Waals surface area contributed by atoms with Gasteiger partial charge in [0.25, 0.3) is 5.91 Å². The summed E-state index contributed by atoms with van der Waals surface area (Å²) in [7, 11) is 3.74. The first-order valence-corrected chi connectivity index (χ1v) is 21.9. The molecule has 2 atom stereocenters. The minimum Gasteiger partial charge on any atom is -0.443 e. The molecule has 2 saturated heterocycles. The van der Waals surface area contributed by atoms with Gasteiger partial charge in [0, 0.05) is 66.3 Å². The van der Waals surface area contributed by atoms with Gasteiger partial charge in [0.2, 0.25) is 11.8 Å². The SMILES string of the molecule is Cc1nn(CCCCCCCC#Cc2ccc3c(c2)n(C)c(=O)n3C2CCC(=O)NC2=O)c2cc(C(=O)Nc3cc4c(cn3)cc([C@H]3CCCN3C)n4C(=O)OC(C)(C)C)ccc12. The molecule has 0 bridgehead atoms. The molecule has 0 aliphatic carbocycles. The number of carbonyl (C=O) groups excluding carboxylic acids is 4. The first kappa shape index (κ1) is 43.1. The number of rotatable bonds is 11. The molecule has 8 rings (SSSR count). The van der Waals surface area contributed by atoms with Crippen molar-refractivity contribution in [2.75, 3.05) is 18.9 Å². The molecule has 0 saturated carbocycles. The van der Waals surface area contributed by atoms with Crippen LogP contribution >= 0.6 is 0 Å². The molecule has 6 heterocycles. The molecule has 63 heavy (non-hydrogen) atoms. The molecule has 2 fully saturated rings. The predicted molar refractivity (Wildman–Crippen MR) is 242 cm³/mol. The molecule has 15 nitrogen and oxygen atoms in total. The van der Waals surface area contributed by atoms with Gasteiger partial charge in [0.15, 0.2) is 0 Å². The van der Waals surface area contributed by atoms with E-state index in [0.29, 0.717) is 34.4 Å². The van der Waals surface area contributed by atoms with Crippen LogP contribution in [-0.2, 0) is 27.9 Å². The number of amides is 3. The number of imide groups is 1. The van der Waals surface area contributed by atoms with Crippen molar-refractivity contribution in [1.29, 1.82) is 0 Å². The molecule has 2 N–H and O–H groups in total. The van der Waals surface area contributed by atoms with E-state index in [1.807, 2.05) is 68.8 Å². The van der Waals surface area contributed by atoms with Crippen LogP contribution in [-0.4, -0.2) is 76.4 Å². The molecule has 3 amide bonds. The zero-order valence-electron chi connectivity index (χ0n) is 36.9. The van der Waals surface area contributed by atoms with Gasteiger partial charge < -0.3 is 10.1 Å². The average Bonchev–Trinajstić information content (AvgIpc) is 3.98. The fourth-order valence-corrected chi connectivity index (χ4v) is 8.91. The molecule has 15 heteroatoms. The number of nitrogens with one attached hydrogen (secondary N) is 2. The van der Waals surface area contributed by atoms with Gasteiger partial charge in [-0.15, -0.1) is 0 Å². The molecular formula is C48H55N9O6. The Bertz CT molecular complexity index is 2900. The number of imidazole rings is 1. The fraction of sp³-hybridized carbons (Fsp3) is 0.438. The van der Waals surface area contributed by atoms with Crippen LogP contribution < -0.4 is 16.3 Å². The third kappa shape index (κ3) is 9.04. The van der Waals surface area contributed by atoms with Gasteiger partial charge in [-0.2, -0.15) is 5.10 Å². The normalized spacial score (nSPS) is 17.0. The molecule has 6 aromatic rings. The van der Waals surface area contributed by atoms with Gasteiger partial charge in [-0.05, 0) is 110 Å². The number of anilines is 1. The topological polar surface area (TPSA) is 167 Å². The number of unbranched alkanes of at least 4 members (excludes halogenated alkanes) is 5. The van der Waals surface area contributed by atoms with E-state index in [-0.39, 0.29) is 30.0 Å². The van der Waals surface area contributed by atoms with E-state index in [2.05, 4.69) is 39.4 Å². The van der Waals surface area contributed by atoms with Crippen LogP contribution in [0.15, 0.2) is 59.5 Å². The maximum absolute atomic E-state index is 13.7. The van der Waals surface area contributed by atoms with Crippen LogP contribution in [0.3, 0.4) is 0 Å². The minimum atomic E-state index is -0.718. The Hall–Kier alpha value is -6.53. The lowest BCUT2D eigenvalue weighted by molar-refractivity contribution is -0.135. The highest BCUT2D eigenvalue weighted by Gasteiger charge is 2.32. The summed E-state index contributed by atoms with van der Waals surface area (Å²) in [5, 5.41) is 11.9. The van der Waals surface area contributed by atoms with Crippen LogP contribution in [0.25, 0.3) is 32.8 Å². The number of hydrogen-bond donors (Lipinski definition) is 2. The van der Waals surface area contributed by atoms with E-state index < -0.39 is 23.6 Å². The standard InChI is InChI=1S/C48H55N9O6/c1-30-34-19-18-32(44(59)50-42-28-38-33(29-49-42)27-41(35-16-14-23-53(35)5)57(38)47(62)63-48(2,3)4)26-39(34)55(52-30)24-13-11-9-7-8-10-12-15-31-17-20-36-40(25-31)54(6)46(61)56(36)37-21-22-43(58)51-45(37)60/h17-20,25-29,35,37H,7-11,13-14,16,21-24H2,1-6H3,(H,49,50,59)(H,51,58,60)/t35-,37?/m1/s1. The van der Waals surface area contributed by atoms with Crippen LogP contribution in [0.1, 0.15) is 124 Å². The predicted octanol–water partition coefficient (Wildman–Crippen LogP) is 7.52. The van der Waals surface area contributed by atoms with Crippen molar-refractivity contribution in [3.63, 3.8) is 0 Å². The summed E-state index contributed by atoms with van der Waals surface area (Å²) in [6.45, 7) is 9.20. The number of hydrogen-bond acceptors (Lipinski definition) is 9. The molecule has 328 valence electrons. The van der Waals surface area contributed by atoms with E-state index in [9.17, 15) is 24.0 Å². The van der Waals surface area contributed by atoms with Crippen molar-refractivity contribution >= 4 is 62.5 Å². The number of nitrogens with zero attached hydrogens (tertiary/aromatic N) is 7. The number of pyridine rings is 1. The van der Waals surface area contributed by atoms with Gasteiger partial charge in [-0.3, -0.25) is 38.4 Å². The first-order valence-electron chi connectivity index (χ1n) is 21.9. The lowest BCUT2D eigenvalue weighted by Gasteiger charge is -2.24. The third-order valence-electron chi connectivity index (χ3n) is 12.1. The summed E-state index contributed by atoms with van der Waals surface area (Å²) < 4.78 is 12.5. The highest BCUT2D eigenvalue weighted by Crippen LogP contribution is 2.35. The summed E-state index contributed by atoms with van der Waals surface area (Å²) in [4.78, 5) is 71.3. The van der Waals surface area contributed by atoms with E-state index in [4.69, 9.17) is 9.84 Å². The second-order valence-electron chi connectivity index (χ2n) is 17.8. The number of aryl methyl sites for hydroxylation is 3. The Balaban J connectivity index is 0.856. The maximum Gasteiger partial charge on any atom is 0.419 e. The molecule has 2 aliphatic heterocycles. The Labute approximate surface area is 365 Å². The van der Waals surface area contributed by atoms with Gasteiger partial charge in [0.05, 0.1) is 33.8 Å². The number of fused-ring (bicyclic) bond motifs is 3. The highest BCUT2D eigenvalue weighted by molar-refractivity contribution is 6.06. The van der Waals surface area contributed by atoms with Crippen molar-refractivity contribution in [3.8, 4) is 11.8 Å². The zero-order valence-corrected chi connectivity index (χ0v) is 36.9. The molecular weight excluding hydrogens is 799 g/mol. The lowest BCUT2D eigenvalue weighted by atomic mass is 10.1. The van der Waals surface area contributed by atoms with Gasteiger partial charge in [0.1, 0.15) is 17.5 Å². The second kappa shape index (κ2) is 17.7. The summed E-state index contributed by atoms with van der Waals surface area (Å²) in [5.74, 6) is 5.76. The van der Waals surface area contributed by atoms with E-state index in [1.165, 1.54) is 9.13 Å². The smallest absolute Gasteiger partial charge is 0.419 e. The van der Waals surface area contributed by atoms with Crippen LogP contribution in [0.5, 0.6) is 0 Å². The molecule has 2 aromatic carbocycles. The number of carbonyl (C=O) groups is 4. The van der Waals surface area contributed by atoms with Gasteiger partial charge in [-0.25, -0.2) is 19.1 Å². The van der Waals surface area contributed by atoms with Gasteiger partial charge >= 0.3 is 11.8 Å². The largest absolute Gasteiger partial charge is 0.443 e. The molecule has 0 spiro atoms. The number of likely N-dealkylation sites (tertiary alicyclic amines) is 1. The number of aromatic nitrogens is 6. The zero-order chi connectivity index (χ0) is 44.6. The average molecular weight is 854 g/mol. The van der Waals surface area contributed by atoms with Gasteiger partial charge in [-0.1, -0.05) is 37.2 Å². The molecule has 0 radical (unpaired) electrons. The van der Waals surface area contributed by atoms with Crippen LogP contribution in [0.4, 0.5) is 10.6 Å². The number of ether oxygens (including phenoxy) is 1. The Kier molecular flexibility index (Phi) is 12.1. The van der Waals surface area contributed by atoms with Crippen molar-refractivity contribution in [3.05, 3.63) is 87.7 Å². The van der Waals surface area contributed by atoms with Crippen LogP contribution in [0.2, 0.25) is 0 Å². The molecule has 4 aromatic heterocycles. The summed E-state index contributed by atoms with van der Waals surface area (Å²) in [5.41, 5.74) is 4.93. The Morgan fingerprint density at radius 1 is 0.905 bits per heavy atom. The van der Waals surface area contributed by atoms with Crippen molar-refractivity contribution < 1.29 is 23.9 Å². The van der Waals surface area contributed by atoms with Crippen molar-refractivity contribution in [2.24, 2.45) is 7.05 Å². The van der Waals surface area contributed by atoms with Crippen molar-refractivity contribution in [2.45, 2.75) is 116 Å². The number of piperidine rings is 1. The first-order chi connectivity index (χ1) is 30.2. The summed E-state index contributed by atoms with van der Waals surface area (Å²) >= 11 is 0. The van der Waals surface area contributed by atoms with E-state index >= 15 is 0 Å². The summed E-state index contributed by atoms with van der Waals surface area (Å²) in [6.07, 6.45) is 9.49. The van der Waals surface area contributed by atoms with E-state index in [0.717, 1.165) is 97.7 Å². The van der Waals surface area contributed by atoms with Crippen LogP contribution in [0, 0.1) is 18.8 Å². The van der Waals surface area contributed by atoms with Crippen molar-refractivity contribution in [1.82, 2.24) is 38.7 Å². The second-order valence-corrected chi connectivity index (χ2v) is 17.8. The minimum absolute atomic E-state index is 0.0700. The third-order valence-corrected chi connectivity index (χ3v) is 12.1. The fourth-order valence-electron chi connectivity index (χ4n) is 8.91. The Morgan fingerprint density at radius 3 is 2.46 bits per heavy atom. The lowest BCUT2D eigenvalue weighted by Crippen LogP contribution is -2.44. The molecule has 1 unspecified atom stereocenters. The maximum atomic E-state index is 13.7. The molecule has 2 aliphatic rings. The quantitative estimate of drug-likeness (QED) is 0.0761. The number of benzene rings is 2. The summed E-state index contributed by atoms with van der Waals surface area (Å²) in [6, 6.07) is 14.3. The van der Waals surface area contributed by atoms with E-state index in [1.54, 1.807) is 29.9 Å². The monoisotopic (exact) mass is 853 g/mol.